The summed E-state index contributed by atoms with van der Waals surface area (Å²) in [5.41, 5.74) is 1.59. The topological polar surface area (TPSA) is 47.6 Å². The standard InChI is InChI=1S/C19H21Br2NO3/c1-3-4-9-24-17-8-6-5-7-16(17)22-18(23)12-25-19-13(2)10-14(20)11-15(19)21/h5-8,10-11H,3-4,9,12H2,1-2H3,(H,22,23). The van der Waals surface area contributed by atoms with E-state index in [1.54, 1.807) is 0 Å². The number of benzene rings is 2. The molecule has 1 N–H and O–H groups in total. The molecule has 0 aliphatic carbocycles. The highest BCUT2D eigenvalue weighted by Gasteiger charge is 2.11. The Bertz CT molecular complexity index is 711. The van der Waals surface area contributed by atoms with Gasteiger partial charge in [0.15, 0.2) is 6.61 Å². The fourth-order valence-corrected chi connectivity index (χ4v) is 3.77. The second-order valence-corrected chi connectivity index (χ2v) is 7.34. The number of para-hydroxylation sites is 2. The number of carbonyl (C=O) groups is 1. The molecule has 2 rings (SSSR count). The van der Waals surface area contributed by atoms with Crippen LogP contribution < -0.4 is 14.8 Å². The van der Waals surface area contributed by atoms with Gasteiger partial charge in [0.25, 0.3) is 5.91 Å². The summed E-state index contributed by atoms with van der Waals surface area (Å²) in [4.78, 5) is 12.2. The van der Waals surface area contributed by atoms with E-state index < -0.39 is 0 Å². The lowest BCUT2D eigenvalue weighted by Crippen LogP contribution is -2.21. The third-order valence-corrected chi connectivity index (χ3v) is 4.51. The number of ether oxygens (including phenoxy) is 2. The zero-order chi connectivity index (χ0) is 18.2. The number of amides is 1. The van der Waals surface area contributed by atoms with Crippen LogP contribution in [0.4, 0.5) is 5.69 Å². The average Bonchev–Trinajstić information content (AvgIpc) is 2.55. The summed E-state index contributed by atoms with van der Waals surface area (Å²) in [7, 11) is 0. The molecule has 0 radical (unpaired) electrons. The first-order chi connectivity index (χ1) is 12.0. The highest BCUT2D eigenvalue weighted by atomic mass is 79.9. The molecular formula is C19H21Br2NO3. The molecule has 0 aromatic heterocycles. The average molecular weight is 471 g/mol. The summed E-state index contributed by atoms with van der Waals surface area (Å²) in [5.74, 6) is 1.09. The van der Waals surface area contributed by atoms with Crippen molar-refractivity contribution in [3.8, 4) is 11.5 Å². The lowest BCUT2D eigenvalue weighted by atomic mass is 10.2. The highest BCUT2D eigenvalue weighted by Crippen LogP contribution is 2.32. The monoisotopic (exact) mass is 469 g/mol. The normalized spacial score (nSPS) is 10.4. The van der Waals surface area contributed by atoms with Crippen LogP contribution in [0, 0.1) is 6.92 Å². The molecule has 0 spiro atoms. The van der Waals surface area contributed by atoms with Crippen molar-refractivity contribution in [2.45, 2.75) is 26.7 Å². The van der Waals surface area contributed by atoms with Crippen molar-refractivity contribution < 1.29 is 14.3 Å². The Morgan fingerprint density at radius 1 is 1.16 bits per heavy atom. The van der Waals surface area contributed by atoms with E-state index in [0.29, 0.717) is 23.8 Å². The molecule has 0 saturated carbocycles. The molecule has 0 bridgehead atoms. The fourth-order valence-electron chi connectivity index (χ4n) is 2.22. The van der Waals surface area contributed by atoms with E-state index in [-0.39, 0.29) is 12.5 Å². The van der Waals surface area contributed by atoms with Crippen molar-refractivity contribution in [3.05, 3.63) is 50.9 Å². The van der Waals surface area contributed by atoms with Crippen LogP contribution in [0.1, 0.15) is 25.3 Å². The molecule has 134 valence electrons. The van der Waals surface area contributed by atoms with Crippen molar-refractivity contribution in [2.24, 2.45) is 0 Å². The third kappa shape index (κ3) is 6.04. The zero-order valence-corrected chi connectivity index (χ0v) is 17.4. The summed E-state index contributed by atoms with van der Waals surface area (Å²) >= 11 is 6.88. The van der Waals surface area contributed by atoms with Crippen LogP contribution in [0.15, 0.2) is 45.3 Å². The number of aryl methyl sites for hydroxylation is 1. The lowest BCUT2D eigenvalue weighted by Gasteiger charge is -2.14. The smallest absolute Gasteiger partial charge is 0.262 e. The number of hydrogen-bond acceptors (Lipinski definition) is 3. The summed E-state index contributed by atoms with van der Waals surface area (Å²) in [6.07, 6.45) is 2.03. The molecule has 2 aromatic carbocycles. The summed E-state index contributed by atoms with van der Waals surface area (Å²) in [6.45, 7) is 4.59. The molecule has 0 atom stereocenters. The third-order valence-electron chi connectivity index (χ3n) is 3.46. The molecule has 0 aliphatic rings. The first kappa shape index (κ1) is 19.8. The zero-order valence-electron chi connectivity index (χ0n) is 14.3. The number of hydrogen-bond donors (Lipinski definition) is 1. The minimum atomic E-state index is -0.235. The first-order valence-corrected chi connectivity index (χ1v) is 9.70. The van der Waals surface area contributed by atoms with Gasteiger partial charge < -0.3 is 14.8 Å². The SMILES string of the molecule is CCCCOc1ccccc1NC(=O)COc1c(C)cc(Br)cc1Br. The molecule has 0 saturated heterocycles. The Labute approximate surface area is 165 Å². The predicted molar refractivity (Wildman–Crippen MR) is 108 cm³/mol. The maximum atomic E-state index is 12.2. The molecule has 0 heterocycles. The van der Waals surface area contributed by atoms with Crippen LogP contribution in [0.25, 0.3) is 0 Å². The van der Waals surface area contributed by atoms with Gasteiger partial charge in [-0.2, -0.15) is 0 Å². The second-order valence-electron chi connectivity index (χ2n) is 5.57. The number of rotatable bonds is 8. The number of nitrogens with one attached hydrogen (secondary N) is 1. The molecule has 1 amide bonds. The highest BCUT2D eigenvalue weighted by molar-refractivity contribution is 9.11. The number of unbranched alkanes of at least 4 members (excludes halogenated alkanes) is 1. The van der Waals surface area contributed by atoms with Gasteiger partial charge in [-0.25, -0.2) is 0 Å². The van der Waals surface area contributed by atoms with Gasteiger partial charge in [-0.1, -0.05) is 41.4 Å². The second kappa shape index (κ2) is 9.82. The van der Waals surface area contributed by atoms with Crippen molar-refractivity contribution in [1.82, 2.24) is 0 Å². The molecule has 0 unspecified atom stereocenters. The van der Waals surface area contributed by atoms with Crippen LogP contribution in [0.2, 0.25) is 0 Å². The summed E-state index contributed by atoms with van der Waals surface area (Å²) in [5, 5.41) is 2.84. The van der Waals surface area contributed by atoms with Gasteiger partial charge in [0.1, 0.15) is 11.5 Å². The maximum absolute atomic E-state index is 12.2. The molecule has 25 heavy (non-hydrogen) atoms. The number of carbonyl (C=O) groups excluding carboxylic acids is 1. The van der Waals surface area contributed by atoms with E-state index in [9.17, 15) is 4.79 Å². The molecule has 0 aliphatic heterocycles. The molecule has 0 fully saturated rings. The van der Waals surface area contributed by atoms with E-state index >= 15 is 0 Å². The summed E-state index contributed by atoms with van der Waals surface area (Å²) in [6, 6.07) is 11.2. The Kier molecular flexibility index (Phi) is 7.78. The van der Waals surface area contributed by atoms with Gasteiger partial charge in [-0.05, 0) is 59.1 Å². The first-order valence-electron chi connectivity index (χ1n) is 8.11. The number of halogens is 2. The van der Waals surface area contributed by atoms with Crippen LogP contribution in [-0.2, 0) is 4.79 Å². The molecular weight excluding hydrogens is 450 g/mol. The van der Waals surface area contributed by atoms with Gasteiger partial charge in [0, 0.05) is 4.47 Å². The van der Waals surface area contributed by atoms with Crippen LogP contribution >= 0.6 is 31.9 Å². The van der Waals surface area contributed by atoms with Gasteiger partial charge in [-0.3, -0.25) is 4.79 Å². The van der Waals surface area contributed by atoms with E-state index in [0.717, 1.165) is 27.4 Å². The Morgan fingerprint density at radius 2 is 1.92 bits per heavy atom. The van der Waals surface area contributed by atoms with Crippen LogP contribution in [0.5, 0.6) is 11.5 Å². The number of anilines is 1. The van der Waals surface area contributed by atoms with Gasteiger partial charge in [0.2, 0.25) is 0 Å². The Hall–Kier alpha value is -1.53. The largest absolute Gasteiger partial charge is 0.491 e. The van der Waals surface area contributed by atoms with E-state index in [2.05, 4.69) is 44.1 Å². The Morgan fingerprint density at radius 3 is 2.64 bits per heavy atom. The van der Waals surface area contributed by atoms with Crippen molar-refractivity contribution >= 4 is 43.5 Å². The minimum Gasteiger partial charge on any atom is -0.491 e. The van der Waals surface area contributed by atoms with Crippen molar-refractivity contribution in [2.75, 3.05) is 18.5 Å². The van der Waals surface area contributed by atoms with Crippen LogP contribution in [0.3, 0.4) is 0 Å². The Balaban J connectivity index is 1.97. The predicted octanol–water partition coefficient (Wildman–Crippen LogP) is 5.72. The van der Waals surface area contributed by atoms with Gasteiger partial charge in [-0.15, -0.1) is 0 Å². The fraction of sp³-hybridized carbons (Fsp3) is 0.316. The molecule has 4 nitrogen and oxygen atoms in total. The van der Waals surface area contributed by atoms with Crippen LogP contribution in [-0.4, -0.2) is 19.1 Å². The minimum absolute atomic E-state index is 0.0790. The van der Waals surface area contributed by atoms with Gasteiger partial charge in [0.05, 0.1) is 16.8 Å². The van der Waals surface area contributed by atoms with E-state index in [1.165, 1.54) is 0 Å². The van der Waals surface area contributed by atoms with Crippen molar-refractivity contribution in [1.29, 1.82) is 0 Å². The lowest BCUT2D eigenvalue weighted by molar-refractivity contribution is -0.118. The van der Waals surface area contributed by atoms with E-state index in [1.807, 2.05) is 43.3 Å². The quantitative estimate of drug-likeness (QED) is 0.502. The molecule has 6 heteroatoms. The summed E-state index contributed by atoms with van der Waals surface area (Å²) < 4.78 is 13.2. The molecule has 2 aromatic rings. The van der Waals surface area contributed by atoms with Gasteiger partial charge >= 0.3 is 0 Å². The van der Waals surface area contributed by atoms with E-state index in [4.69, 9.17) is 9.47 Å². The van der Waals surface area contributed by atoms with Crippen molar-refractivity contribution in [3.63, 3.8) is 0 Å². The maximum Gasteiger partial charge on any atom is 0.262 e.